The van der Waals surface area contributed by atoms with Crippen LogP contribution in [0.15, 0.2) is 11.6 Å². The topological polar surface area (TPSA) is 60.4 Å². The van der Waals surface area contributed by atoms with Crippen molar-refractivity contribution in [3.05, 3.63) is 11.6 Å². The van der Waals surface area contributed by atoms with Gasteiger partial charge in [-0.25, -0.2) is 0 Å². The summed E-state index contributed by atoms with van der Waals surface area (Å²) in [4.78, 5) is 36.8. The molecule has 6 atom stereocenters. The molecule has 0 aromatic rings. The molecule has 25 heavy (non-hydrogen) atoms. The molecule has 0 radical (unpaired) electrons. The molecule has 0 amide bonds. The average Bonchev–Trinajstić information content (AvgIpc) is 2.84. The number of hydrogen-bond donors (Lipinski definition) is 0. The second-order valence-corrected chi connectivity index (χ2v) is 9.12. The van der Waals surface area contributed by atoms with E-state index >= 15 is 0 Å². The molecule has 0 aliphatic heterocycles. The van der Waals surface area contributed by atoms with E-state index in [9.17, 15) is 14.4 Å². The van der Waals surface area contributed by atoms with Crippen LogP contribution in [-0.2, 0) is 19.1 Å². The summed E-state index contributed by atoms with van der Waals surface area (Å²) >= 11 is 0. The Morgan fingerprint density at radius 2 is 1.76 bits per heavy atom. The molecule has 4 heteroatoms. The lowest BCUT2D eigenvalue weighted by molar-refractivity contribution is -0.149. The Hall–Kier alpha value is -1.45. The SMILES string of the molecule is CC(=O)O[C@H]1CC[C@]2(C)C(=CC(=O)[C@@H]3[C@@H]4CCC(=O)[C@@]4(C)CC[C@@H]32)C1. The van der Waals surface area contributed by atoms with Crippen LogP contribution in [0.5, 0.6) is 0 Å². The summed E-state index contributed by atoms with van der Waals surface area (Å²) in [5, 5.41) is 0. The smallest absolute Gasteiger partial charge is 0.302 e. The third-order valence-corrected chi connectivity index (χ3v) is 7.94. The van der Waals surface area contributed by atoms with Crippen molar-refractivity contribution in [1.29, 1.82) is 0 Å². The quantitative estimate of drug-likeness (QED) is 0.682. The minimum absolute atomic E-state index is 0.00391. The lowest BCUT2D eigenvalue weighted by atomic mass is 9.48. The van der Waals surface area contributed by atoms with Crippen LogP contribution in [0, 0.1) is 28.6 Å². The van der Waals surface area contributed by atoms with E-state index in [-0.39, 0.29) is 40.5 Å². The number of fused-ring (bicyclic) bond motifs is 5. The van der Waals surface area contributed by atoms with E-state index in [4.69, 9.17) is 4.74 Å². The van der Waals surface area contributed by atoms with Crippen LogP contribution in [0.2, 0.25) is 0 Å². The van der Waals surface area contributed by atoms with Crippen molar-refractivity contribution < 1.29 is 19.1 Å². The largest absolute Gasteiger partial charge is 0.462 e. The number of rotatable bonds is 1. The first kappa shape index (κ1) is 17.0. The maximum atomic E-state index is 13.1. The van der Waals surface area contributed by atoms with E-state index in [0.717, 1.165) is 32.1 Å². The molecule has 4 aliphatic carbocycles. The molecule has 0 aromatic heterocycles. The van der Waals surface area contributed by atoms with Gasteiger partial charge in [-0.2, -0.15) is 0 Å². The van der Waals surface area contributed by atoms with E-state index in [2.05, 4.69) is 13.8 Å². The standard InChI is InChI=1S/C21H28O4/c1-12(22)25-14-6-8-20(2)13(10-14)11-17(23)19-15-4-5-18(24)21(15,3)9-7-16(19)20/h11,14-16,19H,4-10H2,1-3H3/t14-,15-,16-,19+,20+,21-/m0/s1. The van der Waals surface area contributed by atoms with Crippen molar-refractivity contribution in [3.8, 4) is 0 Å². The van der Waals surface area contributed by atoms with E-state index in [1.54, 1.807) is 0 Å². The zero-order valence-electron chi connectivity index (χ0n) is 15.5. The fourth-order valence-corrected chi connectivity index (χ4v) is 6.48. The predicted octanol–water partition coefficient (Wildman–Crippen LogP) is 3.63. The van der Waals surface area contributed by atoms with Gasteiger partial charge in [0, 0.05) is 31.1 Å². The highest BCUT2D eigenvalue weighted by Gasteiger charge is 2.61. The zero-order valence-corrected chi connectivity index (χ0v) is 15.5. The Labute approximate surface area is 149 Å². The zero-order chi connectivity index (χ0) is 18.0. The number of carbonyl (C=O) groups excluding carboxylic acids is 3. The molecule has 3 saturated carbocycles. The Morgan fingerprint density at radius 3 is 2.48 bits per heavy atom. The Kier molecular flexibility index (Phi) is 3.75. The van der Waals surface area contributed by atoms with Crippen LogP contribution < -0.4 is 0 Å². The van der Waals surface area contributed by atoms with Gasteiger partial charge in [-0.05, 0) is 55.4 Å². The molecule has 3 fully saturated rings. The Balaban J connectivity index is 1.67. The molecule has 0 aromatic carbocycles. The average molecular weight is 344 g/mol. The minimum atomic E-state index is -0.284. The first-order chi connectivity index (χ1) is 11.8. The van der Waals surface area contributed by atoms with Crippen molar-refractivity contribution in [2.24, 2.45) is 28.6 Å². The molecular weight excluding hydrogens is 316 g/mol. The van der Waals surface area contributed by atoms with Gasteiger partial charge in [0.15, 0.2) is 5.78 Å². The van der Waals surface area contributed by atoms with Crippen LogP contribution in [0.4, 0.5) is 0 Å². The van der Waals surface area contributed by atoms with Crippen LogP contribution >= 0.6 is 0 Å². The monoisotopic (exact) mass is 344 g/mol. The Morgan fingerprint density at radius 1 is 1.08 bits per heavy atom. The summed E-state index contributed by atoms with van der Waals surface area (Å²) in [5.74, 6) is 0.888. The number of ether oxygens (including phenoxy) is 1. The summed E-state index contributed by atoms with van der Waals surface area (Å²) in [6.45, 7) is 5.84. The summed E-state index contributed by atoms with van der Waals surface area (Å²) in [6.07, 6.45) is 7.66. The van der Waals surface area contributed by atoms with Gasteiger partial charge in [0.25, 0.3) is 0 Å². The predicted molar refractivity (Wildman–Crippen MR) is 92.7 cm³/mol. The van der Waals surface area contributed by atoms with Crippen molar-refractivity contribution >= 4 is 17.5 Å². The van der Waals surface area contributed by atoms with Crippen molar-refractivity contribution in [2.45, 2.75) is 71.8 Å². The lowest BCUT2D eigenvalue weighted by Gasteiger charge is -2.55. The molecule has 0 unspecified atom stereocenters. The highest BCUT2D eigenvalue weighted by molar-refractivity contribution is 5.96. The first-order valence-corrected chi connectivity index (χ1v) is 9.71. The van der Waals surface area contributed by atoms with Crippen LogP contribution in [0.3, 0.4) is 0 Å². The maximum absolute atomic E-state index is 13.1. The van der Waals surface area contributed by atoms with Crippen molar-refractivity contribution in [1.82, 2.24) is 0 Å². The molecule has 0 saturated heterocycles. The second kappa shape index (κ2) is 5.52. The maximum Gasteiger partial charge on any atom is 0.302 e. The summed E-state index contributed by atoms with van der Waals surface area (Å²) in [6, 6.07) is 0. The van der Waals surface area contributed by atoms with E-state index < -0.39 is 0 Å². The molecule has 4 rings (SSSR count). The lowest BCUT2D eigenvalue weighted by Crippen LogP contribution is -2.53. The number of esters is 1. The summed E-state index contributed by atoms with van der Waals surface area (Å²) in [5.41, 5.74) is 0.902. The van der Waals surface area contributed by atoms with E-state index in [0.29, 0.717) is 24.5 Å². The molecule has 136 valence electrons. The van der Waals surface area contributed by atoms with E-state index in [1.165, 1.54) is 12.5 Å². The third kappa shape index (κ3) is 2.36. The van der Waals surface area contributed by atoms with Gasteiger partial charge in [0.1, 0.15) is 11.9 Å². The fourth-order valence-electron chi connectivity index (χ4n) is 6.48. The van der Waals surface area contributed by atoms with Crippen LogP contribution in [0.25, 0.3) is 0 Å². The van der Waals surface area contributed by atoms with Gasteiger partial charge in [0.05, 0.1) is 0 Å². The third-order valence-electron chi connectivity index (χ3n) is 7.94. The Bertz CT molecular complexity index is 677. The number of ketones is 2. The highest BCUT2D eigenvalue weighted by atomic mass is 16.5. The van der Waals surface area contributed by atoms with Gasteiger partial charge < -0.3 is 4.74 Å². The van der Waals surface area contributed by atoms with Crippen molar-refractivity contribution in [2.75, 3.05) is 0 Å². The highest BCUT2D eigenvalue weighted by Crippen LogP contribution is 2.63. The minimum Gasteiger partial charge on any atom is -0.462 e. The van der Waals surface area contributed by atoms with Gasteiger partial charge >= 0.3 is 5.97 Å². The van der Waals surface area contributed by atoms with Crippen molar-refractivity contribution in [3.63, 3.8) is 0 Å². The van der Waals surface area contributed by atoms with Gasteiger partial charge in [-0.1, -0.05) is 19.4 Å². The number of allylic oxidation sites excluding steroid dienone is 1. The molecular formula is C21H28O4. The molecule has 0 spiro atoms. The normalized spacial score (nSPS) is 46.0. The fraction of sp³-hybridized carbons (Fsp3) is 0.762. The number of carbonyl (C=O) groups is 3. The summed E-state index contributed by atoms with van der Waals surface area (Å²) < 4.78 is 5.42. The molecule has 0 bridgehead atoms. The second-order valence-electron chi connectivity index (χ2n) is 9.12. The molecule has 0 heterocycles. The number of Topliss-reactive ketones (excluding diaryl/α,β-unsaturated/α-hetero) is 1. The van der Waals surface area contributed by atoms with Crippen LogP contribution in [0.1, 0.15) is 65.7 Å². The van der Waals surface area contributed by atoms with Gasteiger partial charge in [-0.15, -0.1) is 0 Å². The first-order valence-electron chi connectivity index (χ1n) is 9.71. The van der Waals surface area contributed by atoms with Gasteiger partial charge in [-0.3, -0.25) is 14.4 Å². The van der Waals surface area contributed by atoms with Crippen LogP contribution in [-0.4, -0.2) is 23.6 Å². The van der Waals surface area contributed by atoms with E-state index in [1.807, 2.05) is 6.08 Å². The van der Waals surface area contributed by atoms with Gasteiger partial charge in [0.2, 0.25) is 0 Å². The number of hydrogen-bond acceptors (Lipinski definition) is 4. The molecule has 4 aliphatic rings. The molecule has 4 nitrogen and oxygen atoms in total. The summed E-state index contributed by atoms with van der Waals surface area (Å²) in [7, 11) is 0. The molecule has 0 N–H and O–H groups in total.